The van der Waals surface area contributed by atoms with Crippen LogP contribution in [-0.4, -0.2) is 16.2 Å². The Morgan fingerprint density at radius 3 is 2.36 bits per heavy atom. The minimum absolute atomic E-state index is 0.0262. The third kappa shape index (κ3) is 3.69. The second kappa shape index (κ2) is 7.89. The van der Waals surface area contributed by atoms with Gasteiger partial charge >= 0.3 is 0 Å². The molecule has 0 unspecified atom stereocenters. The summed E-state index contributed by atoms with van der Waals surface area (Å²) in [6.45, 7) is 8.24. The van der Waals surface area contributed by atoms with Gasteiger partial charge in [0.2, 0.25) is 5.95 Å². The molecule has 1 aromatic heterocycles. The van der Waals surface area contributed by atoms with E-state index in [1.807, 2.05) is 24.3 Å². The number of nitrogens with one attached hydrogen (secondary N) is 2. The number of benzene rings is 2. The number of aromatic amines is 1. The standard InChI is InChI=1S/C22H21N5O/c1-13-10-14(2)16(4)19(15(13)3)12-24-27-22-25-20(17-8-6-5-7-9-17)18(11-23)21(28)26-22/h5-10,12H,1-4H3,(H2,25,26,27,28). The van der Waals surface area contributed by atoms with Crippen LogP contribution in [0.5, 0.6) is 0 Å². The number of hydrogen-bond donors (Lipinski definition) is 2. The normalized spacial score (nSPS) is 10.8. The Bertz CT molecular complexity index is 1130. The van der Waals surface area contributed by atoms with E-state index in [4.69, 9.17) is 0 Å². The van der Waals surface area contributed by atoms with Gasteiger partial charge in [-0.2, -0.15) is 10.4 Å². The van der Waals surface area contributed by atoms with E-state index in [0.29, 0.717) is 11.3 Å². The lowest BCUT2D eigenvalue weighted by atomic mass is 9.95. The molecule has 0 fully saturated rings. The highest BCUT2D eigenvalue weighted by atomic mass is 16.1. The van der Waals surface area contributed by atoms with E-state index in [9.17, 15) is 10.1 Å². The molecule has 0 aliphatic carbocycles. The fraction of sp³-hybridized carbons (Fsp3) is 0.182. The third-order valence-corrected chi connectivity index (χ3v) is 4.87. The lowest BCUT2D eigenvalue weighted by Crippen LogP contribution is -2.16. The van der Waals surface area contributed by atoms with Crippen molar-refractivity contribution in [1.82, 2.24) is 9.97 Å². The highest BCUT2D eigenvalue weighted by Gasteiger charge is 2.13. The van der Waals surface area contributed by atoms with E-state index in [1.54, 1.807) is 18.3 Å². The zero-order valence-corrected chi connectivity index (χ0v) is 16.3. The van der Waals surface area contributed by atoms with Gasteiger partial charge in [0.05, 0.1) is 11.9 Å². The van der Waals surface area contributed by atoms with Crippen molar-refractivity contribution in [3.8, 4) is 17.3 Å². The molecule has 0 aliphatic heterocycles. The van der Waals surface area contributed by atoms with Crippen molar-refractivity contribution in [2.45, 2.75) is 27.7 Å². The Morgan fingerprint density at radius 2 is 1.75 bits per heavy atom. The summed E-state index contributed by atoms with van der Waals surface area (Å²) in [6.07, 6.45) is 1.73. The SMILES string of the molecule is Cc1cc(C)c(C)c(C=NNc2nc(-c3ccccc3)c(C#N)c(=O)[nH]2)c1C. The number of H-pyrrole nitrogens is 1. The molecule has 3 aromatic rings. The van der Waals surface area contributed by atoms with E-state index >= 15 is 0 Å². The number of aromatic nitrogens is 2. The van der Waals surface area contributed by atoms with Crippen molar-refractivity contribution >= 4 is 12.2 Å². The van der Waals surface area contributed by atoms with E-state index in [1.165, 1.54) is 11.1 Å². The van der Waals surface area contributed by atoms with Crippen LogP contribution in [0.1, 0.15) is 33.4 Å². The van der Waals surface area contributed by atoms with Crippen LogP contribution in [0.2, 0.25) is 0 Å². The number of hydrogen-bond acceptors (Lipinski definition) is 5. The van der Waals surface area contributed by atoms with E-state index < -0.39 is 5.56 Å². The smallest absolute Gasteiger partial charge is 0.270 e. The number of nitrogens with zero attached hydrogens (tertiary/aromatic N) is 3. The van der Waals surface area contributed by atoms with E-state index in [0.717, 1.165) is 16.7 Å². The van der Waals surface area contributed by atoms with Crippen LogP contribution in [0.4, 0.5) is 5.95 Å². The molecule has 0 saturated carbocycles. The maximum Gasteiger partial charge on any atom is 0.270 e. The van der Waals surface area contributed by atoms with Crippen LogP contribution in [0, 0.1) is 39.0 Å². The fourth-order valence-electron chi connectivity index (χ4n) is 3.03. The summed E-state index contributed by atoms with van der Waals surface area (Å²) in [4.78, 5) is 19.2. The van der Waals surface area contributed by atoms with Crippen LogP contribution in [0.25, 0.3) is 11.3 Å². The average Bonchev–Trinajstić information content (AvgIpc) is 2.69. The zero-order chi connectivity index (χ0) is 20.3. The monoisotopic (exact) mass is 371 g/mol. The van der Waals surface area contributed by atoms with Crippen molar-refractivity contribution in [1.29, 1.82) is 5.26 Å². The molecule has 6 nitrogen and oxygen atoms in total. The molecule has 0 radical (unpaired) electrons. The Labute approximate surface area is 163 Å². The Kier molecular flexibility index (Phi) is 5.37. The minimum atomic E-state index is -0.507. The van der Waals surface area contributed by atoms with Crippen LogP contribution in [-0.2, 0) is 0 Å². The second-order valence-corrected chi connectivity index (χ2v) is 6.66. The summed E-state index contributed by atoms with van der Waals surface area (Å²) in [6, 6.07) is 13.2. The van der Waals surface area contributed by atoms with Gasteiger partial charge in [-0.25, -0.2) is 10.4 Å². The number of hydrazone groups is 1. The summed E-state index contributed by atoms with van der Waals surface area (Å²) in [5, 5.41) is 13.6. The number of rotatable bonds is 4. The molecule has 0 atom stereocenters. The predicted octanol–water partition coefficient (Wildman–Crippen LogP) is 3.99. The minimum Gasteiger partial charge on any atom is -0.290 e. The second-order valence-electron chi connectivity index (χ2n) is 6.66. The molecule has 2 N–H and O–H groups in total. The molecular weight excluding hydrogens is 350 g/mol. The molecule has 6 heteroatoms. The van der Waals surface area contributed by atoms with Gasteiger partial charge < -0.3 is 0 Å². The van der Waals surface area contributed by atoms with Crippen molar-refractivity contribution < 1.29 is 0 Å². The third-order valence-electron chi connectivity index (χ3n) is 4.87. The fourth-order valence-corrected chi connectivity index (χ4v) is 3.03. The van der Waals surface area contributed by atoms with Gasteiger partial charge in [0.1, 0.15) is 11.6 Å². The average molecular weight is 371 g/mol. The van der Waals surface area contributed by atoms with Crippen LogP contribution < -0.4 is 11.0 Å². The van der Waals surface area contributed by atoms with Crippen molar-refractivity contribution in [3.63, 3.8) is 0 Å². The molecule has 28 heavy (non-hydrogen) atoms. The first-order valence-corrected chi connectivity index (χ1v) is 8.88. The molecule has 2 aromatic carbocycles. The van der Waals surface area contributed by atoms with Crippen molar-refractivity contribution in [2.24, 2.45) is 5.10 Å². The topological polar surface area (TPSA) is 93.9 Å². The Morgan fingerprint density at radius 1 is 1.11 bits per heavy atom. The molecule has 0 spiro atoms. The van der Waals surface area contributed by atoms with Gasteiger partial charge in [0, 0.05) is 11.1 Å². The Balaban J connectivity index is 1.97. The summed E-state index contributed by atoms with van der Waals surface area (Å²) in [5.41, 5.74) is 8.99. The number of aryl methyl sites for hydroxylation is 2. The lowest BCUT2D eigenvalue weighted by molar-refractivity contribution is 1.08. The first-order valence-electron chi connectivity index (χ1n) is 8.88. The first kappa shape index (κ1) is 19.1. The van der Waals surface area contributed by atoms with Crippen LogP contribution in [0.3, 0.4) is 0 Å². The summed E-state index contributed by atoms with van der Waals surface area (Å²) >= 11 is 0. The van der Waals surface area contributed by atoms with Crippen molar-refractivity contribution in [2.75, 3.05) is 5.43 Å². The van der Waals surface area contributed by atoms with Crippen LogP contribution >= 0.6 is 0 Å². The highest BCUT2D eigenvalue weighted by molar-refractivity contribution is 5.85. The van der Waals surface area contributed by atoms with Gasteiger partial charge in [-0.3, -0.25) is 9.78 Å². The molecule has 0 saturated heterocycles. The summed E-state index contributed by atoms with van der Waals surface area (Å²) in [5.74, 6) is 0.179. The Hall–Kier alpha value is -3.72. The van der Waals surface area contributed by atoms with E-state index in [2.05, 4.69) is 54.3 Å². The lowest BCUT2D eigenvalue weighted by Gasteiger charge is -2.11. The molecule has 0 amide bonds. The van der Waals surface area contributed by atoms with Gasteiger partial charge in [-0.05, 0) is 49.9 Å². The molecular formula is C22H21N5O. The zero-order valence-electron chi connectivity index (χ0n) is 16.3. The molecule has 0 aliphatic rings. The molecule has 140 valence electrons. The van der Waals surface area contributed by atoms with Crippen molar-refractivity contribution in [3.05, 3.63) is 80.1 Å². The molecule has 1 heterocycles. The van der Waals surface area contributed by atoms with Gasteiger partial charge in [0.15, 0.2) is 0 Å². The molecule has 3 rings (SSSR count). The first-order chi connectivity index (χ1) is 13.4. The predicted molar refractivity (Wildman–Crippen MR) is 112 cm³/mol. The van der Waals surface area contributed by atoms with E-state index in [-0.39, 0.29) is 11.5 Å². The highest BCUT2D eigenvalue weighted by Crippen LogP contribution is 2.21. The van der Waals surface area contributed by atoms with Crippen LogP contribution in [0.15, 0.2) is 46.3 Å². The number of anilines is 1. The largest absolute Gasteiger partial charge is 0.290 e. The summed E-state index contributed by atoms with van der Waals surface area (Å²) < 4.78 is 0. The van der Waals surface area contributed by atoms with Gasteiger partial charge in [-0.1, -0.05) is 36.4 Å². The van der Waals surface area contributed by atoms with Gasteiger partial charge in [0.25, 0.3) is 5.56 Å². The maximum atomic E-state index is 12.3. The summed E-state index contributed by atoms with van der Waals surface area (Å²) in [7, 11) is 0. The van der Waals surface area contributed by atoms with Gasteiger partial charge in [-0.15, -0.1) is 0 Å². The number of nitriles is 1. The maximum absolute atomic E-state index is 12.3. The quantitative estimate of drug-likeness (QED) is 0.536. The molecule has 0 bridgehead atoms.